The van der Waals surface area contributed by atoms with Crippen LogP contribution in [0.25, 0.3) is 0 Å². The third-order valence-electron chi connectivity index (χ3n) is 2.74. The summed E-state index contributed by atoms with van der Waals surface area (Å²) < 4.78 is 5.67. The first-order valence-corrected chi connectivity index (χ1v) is 5.64. The van der Waals surface area contributed by atoms with Crippen molar-refractivity contribution in [2.75, 3.05) is 6.61 Å². The zero-order chi connectivity index (χ0) is 9.52. The summed E-state index contributed by atoms with van der Waals surface area (Å²) in [5.41, 5.74) is 1.33. The molecular weight excluding hydrogens is 160 g/mol. The van der Waals surface area contributed by atoms with Crippen molar-refractivity contribution in [1.29, 1.82) is 0 Å². The van der Waals surface area contributed by atoms with Crippen LogP contribution in [0.5, 0.6) is 0 Å². The fourth-order valence-corrected chi connectivity index (χ4v) is 1.83. The van der Waals surface area contributed by atoms with Crippen molar-refractivity contribution in [2.24, 2.45) is 0 Å². The van der Waals surface area contributed by atoms with Crippen LogP contribution < -0.4 is 0 Å². The number of hydrogen-bond acceptors (Lipinski definition) is 1. The van der Waals surface area contributed by atoms with Crippen molar-refractivity contribution in [3.05, 3.63) is 12.2 Å². The summed E-state index contributed by atoms with van der Waals surface area (Å²) in [6, 6.07) is 0. The second kappa shape index (κ2) is 6.20. The topological polar surface area (TPSA) is 9.23 Å². The smallest absolute Gasteiger partial charge is 0.0782 e. The van der Waals surface area contributed by atoms with E-state index in [9.17, 15) is 0 Å². The van der Waals surface area contributed by atoms with E-state index in [1.165, 1.54) is 50.5 Å². The molecule has 1 heteroatoms. The van der Waals surface area contributed by atoms with Gasteiger partial charge in [0.15, 0.2) is 0 Å². The van der Waals surface area contributed by atoms with Crippen LogP contribution in [0, 0.1) is 0 Å². The molecule has 1 saturated heterocycles. The highest BCUT2D eigenvalue weighted by Crippen LogP contribution is 2.22. The van der Waals surface area contributed by atoms with Gasteiger partial charge in [-0.2, -0.15) is 0 Å². The van der Waals surface area contributed by atoms with Gasteiger partial charge in [0, 0.05) is 6.61 Å². The largest absolute Gasteiger partial charge is 0.374 e. The van der Waals surface area contributed by atoms with Crippen LogP contribution in [-0.4, -0.2) is 12.7 Å². The Morgan fingerprint density at radius 2 is 2.23 bits per heavy atom. The molecule has 1 unspecified atom stereocenters. The van der Waals surface area contributed by atoms with E-state index in [1.807, 2.05) is 0 Å². The molecule has 1 nitrogen and oxygen atoms in total. The zero-order valence-electron chi connectivity index (χ0n) is 8.85. The molecule has 1 heterocycles. The molecule has 0 radical (unpaired) electrons. The molecule has 0 amide bonds. The average molecular weight is 182 g/mol. The lowest BCUT2D eigenvalue weighted by Gasteiger charge is -2.24. The Morgan fingerprint density at radius 1 is 1.38 bits per heavy atom. The summed E-state index contributed by atoms with van der Waals surface area (Å²) >= 11 is 0. The fraction of sp³-hybridized carbons (Fsp3) is 0.833. The van der Waals surface area contributed by atoms with Crippen LogP contribution in [0.2, 0.25) is 0 Å². The third-order valence-corrected chi connectivity index (χ3v) is 2.74. The lowest BCUT2D eigenvalue weighted by molar-refractivity contribution is 0.0374. The Labute approximate surface area is 82.2 Å². The molecule has 1 fully saturated rings. The lowest BCUT2D eigenvalue weighted by atomic mass is 9.98. The predicted molar refractivity (Wildman–Crippen MR) is 56.9 cm³/mol. The van der Waals surface area contributed by atoms with E-state index in [0.717, 1.165) is 6.61 Å². The normalized spacial score (nSPS) is 23.0. The van der Waals surface area contributed by atoms with E-state index in [-0.39, 0.29) is 0 Å². The second-order valence-corrected chi connectivity index (χ2v) is 3.97. The van der Waals surface area contributed by atoms with Gasteiger partial charge in [-0.05, 0) is 37.7 Å². The Bertz CT molecular complexity index is 145. The fourth-order valence-electron chi connectivity index (χ4n) is 1.83. The highest BCUT2D eigenvalue weighted by atomic mass is 16.5. The number of hydrogen-bond donors (Lipinski definition) is 0. The van der Waals surface area contributed by atoms with Gasteiger partial charge >= 0.3 is 0 Å². The molecule has 1 rings (SSSR count). The van der Waals surface area contributed by atoms with Crippen molar-refractivity contribution in [2.45, 2.75) is 58.0 Å². The Hall–Kier alpha value is -0.300. The molecule has 0 saturated carbocycles. The monoisotopic (exact) mass is 182 g/mol. The predicted octanol–water partition coefficient (Wildman–Crippen LogP) is 3.69. The van der Waals surface area contributed by atoms with E-state index in [2.05, 4.69) is 13.5 Å². The quantitative estimate of drug-likeness (QED) is 0.465. The molecule has 0 spiro atoms. The molecule has 0 aromatic carbocycles. The molecule has 0 N–H and O–H groups in total. The first-order valence-electron chi connectivity index (χ1n) is 5.64. The summed E-state index contributed by atoms with van der Waals surface area (Å²) in [7, 11) is 0. The summed E-state index contributed by atoms with van der Waals surface area (Å²) in [5, 5.41) is 0. The number of ether oxygens (including phenoxy) is 1. The summed E-state index contributed by atoms with van der Waals surface area (Å²) in [6.07, 6.45) is 9.20. The molecule has 0 aliphatic carbocycles. The van der Waals surface area contributed by atoms with E-state index in [0.29, 0.717) is 6.10 Å². The maximum absolute atomic E-state index is 5.67. The number of rotatable bonds is 5. The minimum atomic E-state index is 0.380. The molecule has 1 aliphatic rings. The summed E-state index contributed by atoms with van der Waals surface area (Å²) in [5.74, 6) is 0. The van der Waals surface area contributed by atoms with E-state index in [1.54, 1.807) is 0 Å². The van der Waals surface area contributed by atoms with Crippen LogP contribution in [0.15, 0.2) is 12.2 Å². The van der Waals surface area contributed by atoms with E-state index < -0.39 is 0 Å². The van der Waals surface area contributed by atoms with Gasteiger partial charge in [-0.3, -0.25) is 0 Å². The van der Waals surface area contributed by atoms with Crippen LogP contribution in [0.3, 0.4) is 0 Å². The molecule has 0 aromatic rings. The van der Waals surface area contributed by atoms with Crippen LogP contribution in [0.1, 0.15) is 51.9 Å². The second-order valence-electron chi connectivity index (χ2n) is 3.97. The number of unbranched alkanes of at least 4 members (excludes halogenated alkanes) is 2. The Kier molecular flexibility index (Phi) is 5.14. The van der Waals surface area contributed by atoms with Gasteiger partial charge in [0.2, 0.25) is 0 Å². The first kappa shape index (κ1) is 10.8. The van der Waals surface area contributed by atoms with Crippen molar-refractivity contribution >= 4 is 0 Å². The first-order chi connectivity index (χ1) is 6.34. The van der Waals surface area contributed by atoms with Gasteiger partial charge in [0.1, 0.15) is 0 Å². The standard InChI is InChI=1S/C12H22O/c1-3-4-5-8-11(2)12-9-6-7-10-13-12/h12H,2-10H2,1H3. The van der Waals surface area contributed by atoms with Gasteiger partial charge in [0.05, 0.1) is 6.10 Å². The highest BCUT2D eigenvalue weighted by molar-refractivity contribution is 5.02. The Morgan fingerprint density at radius 3 is 2.85 bits per heavy atom. The average Bonchev–Trinajstić information content (AvgIpc) is 2.19. The molecule has 1 aliphatic heterocycles. The van der Waals surface area contributed by atoms with Gasteiger partial charge in [-0.15, -0.1) is 0 Å². The van der Waals surface area contributed by atoms with Crippen molar-refractivity contribution in [1.82, 2.24) is 0 Å². The molecule has 13 heavy (non-hydrogen) atoms. The molecule has 0 aromatic heterocycles. The molecule has 1 atom stereocenters. The SMILES string of the molecule is C=C(CCCCC)C1CCCCO1. The van der Waals surface area contributed by atoms with Gasteiger partial charge in [-0.1, -0.05) is 26.3 Å². The highest BCUT2D eigenvalue weighted by Gasteiger charge is 2.15. The molecule has 76 valence electrons. The van der Waals surface area contributed by atoms with Crippen molar-refractivity contribution in [3.8, 4) is 0 Å². The molecule has 0 bridgehead atoms. The summed E-state index contributed by atoms with van der Waals surface area (Å²) in [4.78, 5) is 0. The van der Waals surface area contributed by atoms with Gasteiger partial charge in [-0.25, -0.2) is 0 Å². The van der Waals surface area contributed by atoms with E-state index >= 15 is 0 Å². The van der Waals surface area contributed by atoms with Crippen molar-refractivity contribution in [3.63, 3.8) is 0 Å². The van der Waals surface area contributed by atoms with E-state index in [4.69, 9.17) is 4.74 Å². The minimum absolute atomic E-state index is 0.380. The van der Waals surface area contributed by atoms with Crippen LogP contribution >= 0.6 is 0 Å². The minimum Gasteiger partial charge on any atom is -0.374 e. The third kappa shape index (κ3) is 3.95. The van der Waals surface area contributed by atoms with Gasteiger partial charge in [0.25, 0.3) is 0 Å². The maximum Gasteiger partial charge on any atom is 0.0782 e. The van der Waals surface area contributed by atoms with Gasteiger partial charge < -0.3 is 4.74 Å². The lowest BCUT2D eigenvalue weighted by Crippen LogP contribution is -2.20. The summed E-state index contributed by atoms with van der Waals surface area (Å²) in [6.45, 7) is 7.30. The molecular formula is C12H22O. The Balaban J connectivity index is 2.13. The maximum atomic E-state index is 5.67. The van der Waals surface area contributed by atoms with Crippen LogP contribution in [0.4, 0.5) is 0 Å². The van der Waals surface area contributed by atoms with Crippen molar-refractivity contribution < 1.29 is 4.74 Å². The zero-order valence-corrected chi connectivity index (χ0v) is 8.85. The van der Waals surface area contributed by atoms with Crippen LogP contribution in [-0.2, 0) is 4.74 Å².